The Morgan fingerprint density at radius 3 is 3.33 bits per heavy atom. The molecular weight excluding hydrogens is 248 g/mol. The van der Waals surface area contributed by atoms with Gasteiger partial charge in [0.25, 0.3) is 0 Å². The standard InChI is InChI=1S/C13H20N2O2S/c1-2-17-8-3-6-14-13(16)15-7-4-12-11(10-15)5-9-18-12/h5,9H,2-4,6-8,10H2,1H3,(H,14,16). The fourth-order valence-corrected chi connectivity index (χ4v) is 2.94. The number of fused-ring (bicyclic) bond motifs is 1. The van der Waals surface area contributed by atoms with Gasteiger partial charge in [0.2, 0.25) is 0 Å². The zero-order valence-electron chi connectivity index (χ0n) is 10.8. The lowest BCUT2D eigenvalue weighted by atomic mass is 10.1. The molecule has 100 valence electrons. The number of urea groups is 1. The topological polar surface area (TPSA) is 41.6 Å². The molecule has 1 aliphatic heterocycles. The van der Waals surface area contributed by atoms with E-state index < -0.39 is 0 Å². The number of hydrogen-bond donors (Lipinski definition) is 1. The first kappa shape index (κ1) is 13.4. The minimum Gasteiger partial charge on any atom is -0.382 e. The van der Waals surface area contributed by atoms with E-state index in [1.165, 1.54) is 10.4 Å². The van der Waals surface area contributed by atoms with Gasteiger partial charge in [-0.2, -0.15) is 0 Å². The lowest BCUT2D eigenvalue weighted by molar-refractivity contribution is 0.143. The van der Waals surface area contributed by atoms with Gasteiger partial charge < -0.3 is 15.0 Å². The molecule has 0 spiro atoms. The van der Waals surface area contributed by atoms with E-state index in [1.807, 2.05) is 11.8 Å². The number of carbonyl (C=O) groups excluding carboxylic acids is 1. The molecule has 4 nitrogen and oxygen atoms in total. The fraction of sp³-hybridized carbons (Fsp3) is 0.615. The van der Waals surface area contributed by atoms with Gasteiger partial charge in [0.05, 0.1) is 0 Å². The van der Waals surface area contributed by atoms with Gasteiger partial charge in [0.1, 0.15) is 0 Å². The molecule has 0 saturated heterocycles. The van der Waals surface area contributed by atoms with Gasteiger partial charge in [-0.05, 0) is 36.8 Å². The molecule has 0 unspecified atom stereocenters. The molecule has 2 heterocycles. The van der Waals surface area contributed by atoms with Gasteiger partial charge in [-0.25, -0.2) is 4.79 Å². The van der Waals surface area contributed by atoms with E-state index in [2.05, 4.69) is 16.8 Å². The molecule has 1 aliphatic rings. The molecule has 0 atom stereocenters. The van der Waals surface area contributed by atoms with Gasteiger partial charge in [-0.15, -0.1) is 11.3 Å². The fourth-order valence-electron chi connectivity index (χ4n) is 2.05. The van der Waals surface area contributed by atoms with Crippen LogP contribution < -0.4 is 5.32 Å². The van der Waals surface area contributed by atoms with Crippen LogP contribution in [0.5, 0.6) is 0 Å². The first-order valence-electron chi connectivity index (χ1n) is 6.47. The van der Waals surface area contributed by atoms with Gasteiger partial charge in [-0.1, -0.05) is 0 Å². The Bertz CT molecular complexity index is 392. The van der Waals surface area contributed by atoms with E-state index in [9.17, 15) is 4.79 Å². The van der Waals surface area contributed by atoms with Crippen molar-refractivity contribution in [3.63, 3.8) is 0 Å². The summed E-state index contributed by atoms with van der Waals surface area (Å²) in [5, 5.41) is 5.05. The number of thiophene rings is 1. The van der Waals surface area contributed by atoms with Crippen molar-refractivity contribution in [3.8, 4) is 0 Å². The van der Waals surface area contributed by atoms with E-state index in [-0.39, 0.29) is 6.03 Å². The maximum atomic E-state index is 11.9. The Kier molecular flexibility index (Phi) is 5.01. The molecule has 0 fully saturated rings. The van der Waals surface area contributed by atoms with Crippen LogP contribution in [0.15, 0.2) is 11.4 Å². The maximum Gasteiger partial charge on any atom is 0.317 e. The van der Waals surface area contributed by atoms with Crippen molar-refractivity contribution in [2.75, 3.05) is 26.3 Å². The Hall–Kier alpha value is -1.07. The minimum atomic E-state index is 0.0448. The maximum absolute atomic E-state index is 11.9. The van der Waals surface area contributed by atoms with Gasteiger partial charge in [0.15, 0.2) is 0 Å². The highest BCUT2D eigenvalue weighted by molar-refractivity contribution is 7.10. The molecule has 18 heavy (non-hydrogen) atoms. The summed E-state index contributed by atoms with van der Waals surface area (Å²) >= 11 is 1.79. The zero-order valence-corrected chi connectivity index (χ0v) is 11.6. The summed E-state index contributed by atoms with van der Waals surface area (Å²) in [7, 11) is 0. The first-order chi connectivity index (χ1) is 8.81. The molecule has 0 bridgehead atoms. The predicted molar refractivity (Wildman–Crippen MR) is 72.9 cm³/mol. The van der Waals surface area contributed by atoms with Gasteiger partial charge in [-0.3, -0.25) is 0 Å². The average Bonchev–Trinajstić information content (AvgIpc) is 2.85. The summed E-state index contributed by atoms with van der Waals surface area (Å²) in [5.41, 5.74) is 1.30. The summed E-state index contributed by atoms with van der Waals surface area (Å²) in [4.78, 5) is 15.3. The Labute approximate surface area is 112 Å². The van der Waals surface area contributed by atoms with Crippen LogP contribution in [0.1, 0.15) is 23.8 Å². The number of nitrogens with zero attached hydrogens (tertiary/aromatic N) is 1. The summed E-state index contributed by atoms with van der Waals surface area (Å²) in [6, 6.07) is 2.16. The van der Waals surface area contributed by atoms with E-state index in [4.69, 9.17) is 4.74 Å². The van der Waals surface area contributed by atoms with Crippen LogP contribution in [0.4, 0.5) is 4.79 Å². The Morgan fingerprint density at radius 1 is 1.61 bits per heavy atom. The third kappa shape index (κ3) is 3.46. The molecule has 5 heteroatoms. The second-order valence-corrected chi connectivity index (χ2v) is 5.32. The molecule has 2 rings (SSSR count). The zero-order chi connectivity index (χ0) is 12.8. The molecular formula is C13H20N2O2S. The number of ether oxygens (including phenoxy) is 1. The van der Waals surface area contributed by atoms with Crippen LogP contribution in [0.3, 0.4) is 0 Å². The van der Waals surface area contributed by atoms with Crippen molar-refractivity contribution in [3.05, 3.63) is 21.9 Å². The summed E-state index contributed by atoms with van der Waals surface area (Å²) in [6.07, 6.45) is 1.86. The van der Waals surface area contributed by atoms with Crippen molar-refractivity contribution in [1.82, 2.24) is 10.2 Å². The SMILES string of the molecule is CCOCCCNC(=O)N1CCc2sccc2C1. The van der Waals surface area contributed by atoms with Crippen molar-refractivity contribution in [2.45, 2.75) is 26.3 Å². The van der Waals surface area contributed by atoms with E-state index in [1.54, 1.807) is 11.3 Å². The minimum absolute atomic E-state index is 0.0448. The number of carbonyl (C=O) groups is 1. The van der Waals surface area contributed by atoms with Crippen LogP contribution in [0.25, 0.3) is 0 Å². The van der Waals surface area contributed by atoms with Crippen LogP contribution in [0, 0.1) is 0 Å². The number of amides is 2. The van der Waals surface area contributed by atoms with E-state index >= 15 is 0 Å². The summed E-state index contributed by atoms with van der Waals surface area (Å²) < 4.78 is 5.23. The van der Waals surface area contributed by atoms with Crippen LogP contribution in [-0.2, 0) is 17.7 Å². The molecule has 0 radical (unpaired) electrons. The van der Waals surface area contributed by atoms with Crippen molar-refractivity contribution >= 4 is 17.4 Å². The Balaban J connectivity index is 1.71. The Morgan fingerprint density at radius 2 is 2.50 bits per heavy atom. The molecule has 0 saturated carbocycles. The molecule has 2 amide bonds. The highest BCUT2D eigenvalue weighted by atomic mass is 32.1. The third-order valence-electron chi connectivity index (χ3n) is 3.04. The van der Waals surface area contributed by atoms with Gasteiger partial charge >= 0.3 is 6.03 Å². The lowest BCUT2D eigenvalue weighted by Crippen LogP contribution is -2.42. The van der Waals surface area contributed by atoms with Crippen molar-refractivity contribution in [1.29, 1.82) is 0 Å². The predicted octanol–water partition coefficient (Wildman–Crippen LogP) is 2.24. The van der Waals surface area contributed by atoms with Crippen molar-refractivity contribution in [2.24, 2.45) is 0 Å². The quantitative estimate of drug-likeness (QED) is 0.832. The largest absolute Gasteiger partial charge is 0.382 e. The van der Waals surface area contributed by atoms with Crippen molar-refractivity contribution < 1.29 is 9.53 Å². The summed E-state index contributed by atoms with van der Waals surface area (Å²) in [5.74, 6) is 0. The number of nitrogens with one attached hydrogen (secondary N) is 1. The van der Waals surface area contributed by atoms with Crippen LogP contribution in [0.2, 0.25) is 0 Å². The third-order valence-corrected chi connectivity index (χ3v) is 4.06. The average molecular weight is 268 g/mol. The van der Waals surface area contributed by atoms with Gasteiger partial charge in [0, 0.05) is 37.7 Å². The second-order valence-electron chi connectivity index (χ2n) is 4.32. The molecule has 0 aromatic carbocycles. The molecule has 1 aromatic rings. The number of rotatable bonds is 5. The van der Waals surface area contributed by atoms with E-state index in [0.29, 0.717) is 13.2 Å². The highest BCUT2D eigenvalue weighted by Gasteiger charge is 2.20. The monoisotopic (exact) mass is 268 g/mol. The highest BCUT2D eigenvalue weighted by Crippen LogP contribution is 2.23. The van der Waals surface area contributed by atoms with Crippen LogP contribution in [-0.4, -0.2) is 37.2 Å². The molecule has 1 N–H and O–H groups in total. The smallest absolute Gasteiger partial charge is 0.317 e. The second kappa shape index (κ2) is 6.75. The van der Waals surface area contributed by atoms with E-state index in [0.717, 1.165) is 32.5 Å². The van der Waals surface area contributed by atoms with Crippen LogP contribution >= 0.6 is 11.3 Å². The molecule has 0 aliphatic carbocycles. The summed E-state index contributed by atoms with van der Waals surface area (Å²) in [6.45, 7) is 5.68. The normalized spacial score (nSPS) is 14.4. The molecule has 1 aromatic heterocycles. The lowest BCUT2D eigenvalue weighted by Gasteiger charge is -2.27. The first-order valence-corrected chi connectivity index (χ1v) is 7.35. The number of hydrogen-bond acceptors (Lipinski definition) is 3.